The molecule has 0 saturated heterocycles. The average Bonchev–Trinajstić information content (AvgIpc) is 3.02. The van der Waals surface area contributed by atoms with Crippen LogP contribution in [-0.4, -0.2) is 31.8 Å². The van der Waals surface area contributed by atoms with Gasteiger partial charge >= 0.3 is 5.69 Å². The van der Waals surface area contributed by atoms with E-state index in [1.54, 1.807) is 11.6 Å². The predicted octanol–water partition coefficient (Wildman–Crippen LogP) is 0.518. The summed E-state index contributed by atoms with van der Waals surface area (Å²) in [6.07, 6.45) is 3.93. The molecule has 136 valence electrons. The van der Waals surface area contributed by atoms with Crippen molar-refractivity contribution in [3.8, 4) is 0 Å². The highest BCUT2D eigenvalue weighted by Gasteiger charge is 2.18. The van der Waals surface area contributed by atoms with Crippen LogP contribution in [0.4, 0.5) is 5.95 Å². The minimum absolute atomic E-state index is 0.353. The second-order valence-corrected chi connectivity index (χ2v) is 5.95. The molecule has 3 aromatic rings. The monoisotopic (exact) mass is 354 g/mol. The number of hydrogen-bond donors (Lipinski definition) is 2. The number of imidazole rings is 1. The van der Waals surface area contributed by atoms with Crippen LogP contribution in [0.25, 0.3) is 17.2 Å². The molecular weight excluding hydrogens is 332 g/mol. The zero-order valence-electron chi connectivity index (χ0n) is 14.8. The number of nitrogens with two attached hydrogens (primary N) is 1. The van der Waals surface area contributed by atoms with Gasteiger partial charge < -0.3 is 15.6 Å². The Morgan fingerprint density at radius 2 is 1.88 bits per heavy atom. The van der Waals surface area contributed by atoms with Crippen molar-refractivity contribution in [3.05, 3.63) is 62.8 Å². The molecule has 0 saturated carbocycles. The van der Waals surface area contributed by atoms with Gasteiger partial charge in [0.05, 0.1) is 0 Å². The van der Waals surface area contributed by atoms with Gasteiger partial charge in [-0.3, -0.25) is 13.9 Å². The number of nitrogens with zero attached hydrogens (tertiary/aromatic N) is 4. The van der Waals surface area contributed by atoms with Gasteiger partial charge in [-0.15, -0.1) is 0 Å². The highest BCUT2D eigenvalue weighted by Crippen LogP contribution is 2.16. The summed E-state index contributed by atoms with van der Waals surface area (Å²) in [6, 6.07) is 9.88. The van der Waals surface area contributed by atoms with Crippen LogP contribution in [0.5, 0.6) is 0 Å². The zero-order valence-corrected chi connectivity index (χ0v) is 14.8. The Bertz CT molecular complexity index is 1060. The summed E-state index contributed by atoms with van der Waals surface area (Å²) in [6.45, 7) is 1.38. The summed E-state index contributed by atoms with van der Waals surface area (Å²) in [5.74, 6) is 0.515. The van der Waals surface area contributed by atoms with Crippen molar-refractivity contribution in [1.82, 2.24) is 18.7 Å². The number of benzene rings is 1. The van der Waals surface area contributed by atoms with E-state index in [4.69, 9.17) is 5.73 Å². The highest BCUT2D eigenvalue weighted by atomic mass is 16.2. The summed E-state index contributed by atoms with van der Waals surface area (Å²) in [5, 5.41) is 3.12. The minimum atomic E-state index is -0.405. The molecule has 8 heteroatoms. The van der Waals surface area contributed by atoms with Crippen LogP contribution in [0.3, 0.4) is 0 Å². The summed E-state index contributed by atoms with van der Waals surface area (Å²) in [5.41, 5.74) is 6.59. The first-order valence-electron chi connectivity index (χ1n) is 8.36. The normalized spacial score (nSPS) is 11.5. The molecule has 0 fully saturated rings. The average molecular weight is 354 g/mol. The van der Waals surface area contributed by atoms with E-state index >= 15 is 0 Å². The van der Waals surface area contributed by atoms with Crippen molar-refractivity contribution in [2.24, 2.45) is 19.8 Å². The number of allylic oxidation sites excluding steroid dienone is 1. The molecule has 0 atom stereocenters. The van der Waals surface area contributed by atoms with Gasteiger partial charge in [-0.2, -0.15) is 4.98 Å². The van der Waals surface area contributed by atoms with E-state index in [2.05, 4.69) is 10.3 Å². The molecule has 26 heavy (non-hydrogen) atoms. The van der Waals surface area contributed by atoms with Crippen molar-refractivity contribution >= 4 is 23.2 Å². The standard InChI is InChI=1S/C18H22N6O2/c1-22-15-14(16(25)23(2)18(22)26)24(17(21-15)20-11-10-19)12-6-9-13-7-4-3-5-8-13/h3-9H,10-12,19H2,1-2H3,(H,20,21)/b9-6+. The van der Waals surface area contributed by atoms with Crippen LogP contribution in [0, 0.1) is 0 Å². The molecule has 0 spiro atoms. The molecule has 0 aliphatic rings. The van der Waals surface area contributed by atoms with Gasteiger partial charge in [0.25, 0.3) is 5.56 Å². The lowest BCUT2D eigenvalue weighted by atomic mass is 10.2. The Kier molecular flexibility index (Phi) is 5.04. The summed E-state index contributed by atoms with van der Waals surface area (Å²) in [7, 11) is 3.07. The van der Waals surface area contributed by atoms with E-state index in [1.165, 1.54) is 11.6 Å². The molecule has 0 aliphatic heterocycles. The topological polar surface area (TPSA) is 99.9 Å². The molecule has 0 radical (unpaired) electrons. The Morgan fingerprint density at radius 3 is 2.58 bits per heavy atom. The number of fused-ring (bicyclic) bond motifs is 1. The van der Waals surface area contributed by atoms with Gasteiger partial charge in [0.1, 0.15) is 0 Å². The lowest BCUT2D eigenvalue weighted by Gasteiger charge is -2.08. The quantitative estimate of drug-likeness (QED) is 0.672. The third-order valence-corrected chi connectivity index (χ3v) is 4.17. The predicted molar refractivity (Wildman–Crippen MR) is 103 cm³/mol. The number of nitrogens with one attached hydrogen (secondary N) is 1. The first-order chi connectivity index (χ1) is 12.5. The molecule has 2 aromatic heterocycles. The molecule has 3 N–H and O–H groups in total. The maximum Gasteiger partial charge on any atom is 0.332 e. The molecule has 3 rings (SSSR count). The van der Waals surface area contributed by atoms with E-state index < -0.39 is 5.69 Å². The van der Waals surface area contributed by atoms with Gasteiger partial charge in [0.2, 0.25) is 5.95 Å². The lowest BCUT2D eigenvalue weighted by Crippen LogP contribution is -2.37. The van der Waals surface area contributed by atoms with Crippen molar-refractivity contribution < 1.29 is 0 Å². The molecule has 0 aliphatic carbocycles. The second kappa shape index (κ2) is 7.40. The van der Waals surface area contributed by atoms with E-state index in [1.807, 2.05) is 42.5 Å². The zero-order chi connectivity index (χ0) is 18.7. The summed E-state index contributed by atoms with van der Waals surface area (Å²) in [4.78, 5) is 29.3. The van der Waals surface area contributed by atoms with Crippen molar-refractivity contribution in [2.45, 2.75) is 6.54 Å². The largest absolute Gasteiger partial charge is 0.354 e. The maximum atomic E-state index is 12.7. The summed E-state index contributed by atoms with van der Waals surface area (Å²) < 4.78 is 4.24. The van der Waals surface area contributed by atoms with Crippen LogP contribution >= 0.6 is 0 Å². The van der Waals surface area contributed by atoms with Gasteiger partial charge in [-0.05, 0) is 5.56 Å². The van der Waals surface area contributed by atoms with Crippen molar-refractivity contribution in [3.63, 3.8) is 0 Å². The molecule has 0 unspecified atom stereocenters. The summed E-state index contributed by atoms with van der Waals surface area (Å²) >= 11 is 0. The third kappa shape index (κ3) is 3.18. The van der Waals surface area contributed by atoms with Gasteiger partial charge in [0, 0.05) is 33.7 Å². The Labute approximate surface area is 150 Å². The highest BCUT2D eigenvalue weighted by molar-refractivity contribution is 5.74. The number of rotatable bonds is 6. The number of aryl methyl sites for hydroxylation is 1. The molecule has 0 bridgehead atoms. The molecular formula is C18H22N6O2. The Balaban J connectivity index is 2.10. The second-order valence-electron chi connectivity index (χ2n) is 5.95. The van der Waals surface area contributed by atoms with Gasteiger partial charge in [-0.1, -0.05) is 42.5 Å². The number of hydrogen-bond acceptors (Lipinski definition) is 5. The number of aromatic nitrogens is 4. The third-order valence-electron chi connectivity index (χ3n) is 4.17. The first-order valence-corrected chi connectivity index (χ1v) is 8.36. The van der Waals surface area contributed by atoms with Crippen LogP contribution < -0.4 is 22.3 Å². The van der Waals surface area contributed by atoms with E-state index in [9.17, 15) is 9.59 Å². The first kappa shape index (κ1) is 17.7. The SMILES string of the molecule is Cn1c(=O)c2c(nc(NCCN)n2C/C=C/c2ccccc2)n(C)c1=O. The Morgan fingerprint density at radius 1 is 1.15 bits per heavy atom. The van der Waals surface area contributed by atoms with E-state index in [0.717, 1.165) is 10.1 Å². The Hall–Kier alpha value is -3.13. The van der Waals surface area contributed by atoms with Crippen LogP contribution in [0.15, 0.2) is 46.0 Å². The molecule has 1 aromatic carbocycles. The van der Waals surface area contributed by atoms with Gasteiger partial charge in [-0.25, -0.2) is 4.79 Å². The van der Waals surface area contributed by atoms with Crippen LogP contribution in [0.2, 0.25) is 0 Å². The molecule has 8 nitrogen and oxygen atoms in total. The van der Waals surface area contributed by atoms with Gasteiger partial charge in [0.15, 0.2) is 11.2 Å². The van der Waals surface area contributed by atoms with Crippen molar-refractivity contribution in [1.29, 1.82) is 0 Å². The smallest absolute Gasteiger partial charge is 0.332 e. The molecule has 0 amide bonds. The van der Waals surface area contributed by atoms with Crippen LogP contribution in [0.1, 0.15) is 5.56 Å². The fourth-order valence-electron chi connectivity index (χ4n) is 2.80. The lowest BCUT2D eigenvalue weighted by molar-refractivity contribution is 0.703. The van der Waals surface area contributed by atoms with Crippen molar-refractivity contribution in [2.75, 3.05) is 18.4 Å². The van der Waals surface area contributed by atoms with E-state index in [-0.39, 0.29) is 5.56 Å². The fourth-order valence-corrected chi connectivity index (χ4v) is 2.80. The maximum absolute atomic E-state index is 12.7. The minimum Gasteiger partial charge on any atom is -0.354 e. The van der Waals surface area contributed by atoms with Crippen LogP contribution in [-0.2, 0) is 20.6 Å². The number of anilines is 1. The van der Waals surface area contributed by atoms with E-state index in [0.29, 0.717) is 36.7 Å². The fraction of sp³-hybridized carbons (Fsp3) is 0.278. The molecule has 2 heterocycles.